The molecule has 0 radical (unpaired) electrons. The maximum absolute atomic E-state index is 13.2. The Labute approximate surface area is 184 Å². The summed E-state index contributed by atoms with van der Waals surface area (Å²) in [6.45, 7) is 1.50. The summed E-state index contributed by atoms with van der Waals surface area (Å²) in [5, 5.41) is 8.11. The van der Waals surface area contributed by atoms with Crippen LogP contribution in [0.1, 0.15) is 13.3 Å². The second-order valence-electron chi connectivity index (χ2n) is 6.86. The van der Waals surface area contributed by atoms with Crippen LogP contribution in [0.3, 0.4) is 0 Å². The first-order chi connectivity index (χ1) is 15.1. The number of ether oxygens (including phenoxy) is 1. The van der Waals surface area contributed by atoms with Gasteiger partial charge in [-0.1, -0.05) is 0 Å². The molecule has 1 aliphatic heterocycles. The van der Waals surface area contributed by atoms with Crippen LogP contribution >= 0.6 is 0 Å². The molecule has 3 rings (SSSR count). The van der Waals surface area contributed by atoms with Gasteiger partial charge in [0.15, 0.2) is 0 Å². The molecule has 32 heavy (non-hydrogen) atoms. The quantitative estimate of drug-likeness (QED) is 0.543. The number of amides is 2. The molecule has 0 spiro atoms. The van der Waals surface area contributed by atoms with Gasteiger partial charge in [-0.3, -0.25) is 19.3 Å². The van der Waals surface area contributed by atoms with E-state index in [1.807, 2.05) is 0 Å². The maximum Gasteiger partial charge on any atom is 0.271 e. The van der Waals surface area contributed by atoms with Crippen molar-refractivity contribution in [3.05, 3.63) is 48.3 Å². The van der Waals surface area contributed by atoms with E-state index in [1.165, 1.54) is 61.5 Å². The number of carbonyl (C=O) groups excluding carboxylic acids is 2. The molecule has 2 aromatic carbocycles. The number of methoxy groups -OCH3 is 1. The third-order valence-electron chi connectivity index (χ3n) is 4.70. The average Bonchev–Trinajstić information content (AvgIpc) is 3.21. The highest BCUT2D eigenvalue weighted by Crippen LogP contribution is 2.30. The van der Waals surface area contributed by atoms with Gasteiger partial charge in [-0.05, 0) is 43.3 Å². The van der Waals surface area contributed by atoms with E-state index in [0.717, 1.165) is 0 Å². The summed E-state index contributed by atoms with van der Waals surface area (Å²) in [4.78, 5) is 24.6. The van der Waals surface area contributed by atoms with Gasteiger partial charge in [0.1, 0.15) is 23.3 Å². The molecule has 0 saturated heterocycles. The molecule has 4 N–H and O–H groups in total. The number of hydrogen-bond donors (Lipinski definition) is 3. The molecule has 170 valence electrons. The Balaban J connectivity index is 1.81. The molecule has 2 aromatic rings. The molecule has 0 aromatic heterocycles. The van der Waals surface area contributed by atoms with Gasteiger partial charge in [-0.25, -0.2) is 12.8 Å². The normalized spacial score (nSPS) is 15.8. The minimum absolute atomic E-state index is 0.0376. The zero-order valence-corrected chi connectivity index (χ0v) is 18.1. The number of nitrogens with zero attached hydrogens (tertiary/aromatic N) is 2. The Bertz CT molecular complexity index is 1170. The highest BCUT2D eigenvalue weighted by Gasteiger charge is 2.35. The van der Waals surface area contributed by atoms with Crippen molar-refractivity contribution in [1.82, 2.24) is 0 Å². The molecule has 0 aliphatic carbocycles. The number of halogens is 1. The number of carbonyl (C=O) groups is 2. The SMILES string of the molecule is CCS(=O)(=O)Nc1ccc(NC(=O)C2=NN(c3ccc(F)cc3)C(C(N)=O)C2)cc1OC. The van der Waals surface area contributed by atoms with E-state index in [9.17, 15) is 22.4 Å². The molecular weight excluding hydrogens is 441 g/mol. The summed E-state index contributed by atoms with van der Waals surface area (Å²) in [5.41, 5.74) is 6.46. The smallest absolute Gasteiger partial charge is 0.271 e. The maximum atomic E-state index is 13.2. The highest BCUT2D eigenvalue weighted by molar-refractivity contribution is 7.92. The van der Waals surface area contributed by atoms with Crippen LogP contribution in [-0.2, 0) is 19.6 Å². The van der Waals surface area contributed by atoms with Crippen molar-refractivity contribution in [2.75, 3.05) is 27.9 Å². The van der Waals surface area contributed by atoms with E-state index < -0.39 is 33.7 Å². The molecule has 12 heteroatoms. The first-order valence-corrected chi connectivity index (χ1v) is 11.2. The zero-order valence-electron chi connectivity index (χ0n) is 17.3. The van der Waals surface area contributed by atoms with Crippen LogP contribution in [0.25, 0.3) is 0 Å². The lowest BCUT2D eigenvalue weighted by Crippen LogP contribution is -2.39. The first kappa shape index (κ1) is 23.0. The molecule has 1 aliphatic rings. The monoisotopic (exact) mass is 463 g/mol. The number of nitrogens with two attached hydrogens (primary N) is 1. The summed E-state index contributed by atoms with van der Waals surface area (Å²) < 4.78 is 44.4. The lowest BCUT2D eigenvalue weighted by molar-refractivity contribution is -0.119. The van der Waals surface area contributed by atoms with Gasteiger partial charge in [-0.15, -0.1) is 0 Å². The number of hydrazone groups is 1. The number of benzene rings is 2. The lowest BCUT2D eigenvalue weighted by atomic mass is 10.1. The molecule has 0 bridgehead atoms. The Kier molecular flexibility index (Phi) is 6.63. The van der Waals surface area contributed by atoms with Crippen molar-refractivity contribution in [1.29, 1.82) is 0 Å². The van der Waals surface area contributed by atoms with Crippen LogP contribution in [0.4, 0.5) is 21.5 Å². The van der Waals surface area contributed by atoms with Crippen LogP contribution in [0.15, 0.2) is 47.6 Å². The van der Waals surface area contributed by atoms with Crippen molar-refractivity contribution in [3.63, 3.8) is 0 Å². The predicted molar refractivity (Wildman–Crippen MR) is 119 cm³/mol. The van der Waals surface area contributed by atoms with Crippen LogP contribution in [-0.4, -0.2) is 44.8 Å². The van der Waals surface area contributed by atoms with Crippen LogP contribution in [0.2, 0.25) is 0 Å². The van der Waals surface area contributed by atoms with Crippen molar-refractivity contribution in [3.8, 4) is 5.75 Å². The van der Waals surface area contributed by atoms with E-state index in [2.05, 4.69) is 15.1 Å². The second-order valence-corrected chi connectivity index (χ2v) is 8.88. The number of anilines is 3. The van der Waals surface area contributed by atoms with Crippen LogP contribution in [0, 0.1) is 5.82 Å². The summed E-state index contributed by atoms with van der Waals surface area (Å²) in [6, 6.07) is 8.77. The fraction of sp³-hybridized carbons (Fsp3) is 0.250. The standard InChI is InChI=1S/C20H22FN5O5S/c1-3-32(29,30)25-15-9-6-13(10-18(15)31-2)23-20(28)16-11-17(19(22)27)26(24-16)14-7-4-12(21)5-8-14/h4-10,17,25H,3,11H2,1-2H3,(H2,22,27)(H,23,28). The number of hydrogen-bond acceptors (Lipinski definition) is 7. The number of rotatable bonds is 8. The second kappa shape index (κ2) is 9.22. The van der Waals surface area contributed by atoms with E-state index in [0.29, 0.717) is 11.4 Å². The molecular formula is C20H22FN5O5S. The topological polar surface area (TPSA) is 143 Å². The van der Waals surface area contributed by atoms with Crippen molar-refractivity contribution in [2.24, 2.45) is 10.8 Å². The van der Waals surface area contributed by atoms with Gasteiger partial charge < -0.3 is 15.8 Å². The van der Waals surface area contributed by atoms with Crippen LogP contribution in [0.5, 0.6) is 5.75 Å². The molecule has 0 fully saturated rings. The van der Waals surface area contributed by atoms with Gasteiger partial charge in [0, 0.05) is 18.2 Å². The summed E-state index contributed by atoms with van der Waals surface area (Å²) in [7, 11) is -2.15. The van der Waals surface area contributed by atoms with E-state index >= 15 is 0 Å². The average molecular weight is 463 g/mol. The van der Waals surface area contributed by atoms with Gasteiger partial charge >= 0.3 is 0 Å². The molecule has 0 saturated carbocycles. The van der Waals surface area contributed by atoms with E-state index in [1.54, 1.807) is 0 Å². The third kappa shape index (κ3) is 5.14. The minimum atomic E-state index is -3.51. The molecule has 1 unspecified atom stereocenters. The Morgan fingerprint density at radius 3 is 2.53 bits per heavy atom. The number of nitrogens with one attached hydrogen (secondary N) is 2. The van der Waals surface area contributed by atoms with Crippen molar-refractivity contribution in [2.45, 2.75) is 19.4 Å². The van der Waals surface area contributed by atoms with E-state index in [-0.39, 0.29) is 29.3 Å². The van der Waals surface area contributed by atoms with Gasteiger partial charge in [-0.2, -0.15) is 5.10 Å². The fourth-order valence-corrected chi connectivity index (χ4v) is 3.65. The molecule has 1 heterocycles. The fourth-order valence-electron chi connectivity index (χ4n) is 3.00. The zero-order chi connectivity index (χ0) is 23.5. The first-order valence-electron chi connectivity index (χ1n) is 9.55. The predicted octanol–water partition coefficient (Wildman–Crippen LogP) is 1.65. The van der Waals surface area contributed by atoms with Gasteiger partial charge in [0.2, 0.25) is 15.9 Å². The number of sulfonamides is 1. The molecule has 2 amide bonds. The Morgan fingerprint density at radius 2 is 1.94 bits per heavy atom. The van der Waals surface area contributed by atoms with E-state index in [4.69, 9.17) is 10.5 Å². The molecule has 1 atom stereocenters. The van der Waals surface area contributed by atoms with Crippen molar-refractivity contribution < 1.29 is 27.1 Å². The van der Waals surface area contributed by atoms with Crippen LogP contribution < -0.4 is 25.5 Å². The summed E-state index contributed by atoms with van der Waals surface area (Å²) in [5.74, 6) is -1.62. The highest BCUT2D eigenvalue weighted by atomic mass is 32.2. The lowest BCUT2D eigenvalue weighted by Gasteiger charge is -2.20. The summed E-state index contributed by atoms with van der Waals surface area (Å²) >= 11 is 0. The van der Waals surface area contributed by atoms with Crippen molar-refractivity contribution >= 4 is 44.6 Å². The Hall–Kier alpha value is -3.67. The summed E-state index contributed by atoms with van der Waals surface area (Å²) in [6.07, 6.45) is -0.0376. The van der Waals surface area contributed by atoms with Gasteiger partial charge in [0.25, 0.3) is 5.91 Å². The molecule has 10 nitrogen and oxygen atoms in total. The Morgan fingerprint density at radius 1 is 1.25 bits per heavy atom. The number of primary amides is 1. The van der Waals surface area contributed by atoms with Gasteiger partial charge in [0.05, 0.1) is 24.2 Å². The minimum Gasteiger partial charge on any atom is -0.494 e. The largest absolute Gasteiger partial charge is 0.494 e. The third-order valence-corrected chi connectivity index (χ3v) is 5.99.